The lowest BCUT2D eigenvalue weighted by molar-refractivity contribution is -0.153. The van der Waals surface area contributed by atoms with Crippen LogP contribution in [0.3, 0.4) is 0 Å². The smallest absolute Gasteiger partial charge is 0.155 e. The van der Waals surface area contributed by atoms with Crippen LogP contribution in [0.15, 0.2) is 11.6 Å². The standard InChI is InChI=1S/C19H26O4/c1-18-6-5-10(20)7-13(18)14(21)8-11-12-3-4-16(23)19(12,2)9-15(22)17(11)18/h7,11-12,14-15,17,21-22H,3-6,8-9H2,1-2H3/t11-,12-,14?,15+,17+,18-,19-/m0/s1. The summed E-state index contributed by atoms with van der Waals surface area (Å²) in [7, 11) is 0. The monoisotopic (exact) mass is 318 g/mol. The zero-order chi connectivity index (χ0) is 16.6. The van der Waals surface area contributed by atoms with Gasteiger partial charge < -0.3 is 10.2 Å². The Bertz CT molecular complexity index is 608. The summed E-state index contributed by atoms with van der Waals surface area (Å²) < 4.78 is 0. The van der Waals surface area contributed by atoms with Crippen LogP contribution in [0, 0.1) is 28.6 Å². The van der Waals surface area contributed by atoms with Crippen molar-refractivity contribution in [1.82, 2.24) is 0 Å². The number of carbonyl (C=O) groups excluding carboxylic acids is 2. The van der Waals surface area contributed by atoms with Crippen LogP contribution in [-0.2, 0) is 9.59 Å². The number of hydrogen-bond acceptors (Lipinski definition) is 4. The van der Waals surface area contributed by atoms with Gasteiger partial charge in [0.2, 0.25) is 0 Å². The van der Waals surface area contributed by atoms with Crippen LogP contribution in [0.1, 0.15) is 52.4 Å². The van der Waals surface area contributed by atoms with E-state index in [4.69, 9.17) is 0 Å². The van der Waals surface area contributed by atoms with E-state index >= 15 is 0 Å². The second-order valence-electron chi connectivity index (χ2n) is 8.68. The van der Waals surface area contributed by atoms with Crippen molar-refractivity contribution in [3.8, 4) is 0 Å². The lowest BCUT2D eigenvalue weighted by Crippen LogP contribution is -2.59. The van der Waals surface area contributed by atoms with Gasteiger partial charge in [-0.05, 0) is 60.5 Å². The van der Waals surface area contributed by atoms with Gasteiger partial charge in [0.15, 0.2) is 5.78 Å². The molecule has 7 atom stereocenters. The Morgan fingerprint density at radius 2 is 1.87 bits per heavy atom. The van der Waals surface area contributed by atoms with E-state index in [1.165, 1.54) is 0 Å². The van der Waals surface area contributed by atoms with Gasteiger partial charge in [-0.15, -0.1) is 0 Å². The van der Waals surface area contributed by atoms with E-state index in [1.54, 1.807) is 6.08 Å². The molecule has 4 nitrogen and oxygen atoms in total. The Morgan fingerprint density at radius 1 is 1.13 bits per heavy atom. The van der Waals surface area contributed by atoms with Crippen molar-refractivity contribution in [1.29, 1.82) is 0 Å². The van der Waals surface area contributed by atoms with E-state index in [9.17, 15) is 19.8 Å². The molecule has 0 saturated heterocycles. The molecule has 0 aromatic heterocycles. The maximum Gasteiger partial charge on any atom is 0.155 e. The van der Waals surface area contributed by atoms with Crippen molar-refractivity contribution in [2.75, 3.05) is 0 Å². The molecule has 2 N–H and O–H groups in total. The van der Waals surface area contributed by atoms with Crippen molar-refractivity contribution >= 4 is 11.6 Å². The van der Waals surface area contributed by atoms with Gasteiger partial charge in [0.05, 0.1) is 12.2 Å². The Hall–Kier alpha value is -1.00. The maximum absolute atomic E-state index is 12.4. The van der Waals surface area contributed by atoms with E-state index in [1.807, 2.05) is 6.92 Å². The van der Waals surface area contributed by atoms with Gasteiger partial charge in [-0.2, -0.15) is 0 Å². The highest BCUT2D eigenvalue weighted by Gasteiger charge is 2.63. The molecular weight excluding hydrogens is 292 g/mol. The van der Waals surface area contributed by atoms with Crippen molar-refractivity contribution in [2.45, 2.75) is 64.6 Å². The zero-order valence-electron chi connectivity index (χ0n) is 13.9. The molecule has 0 spiro atoms. The van der Waals surface area contributed by atoms with Crippen molar-refractivity contribution in [3.63, 3.8) is 0 Å². The molecule has 0 amide bonds. The molecule has 23 heavy (non-hydrogen) atoms. The van der Waals surface area contributed by atoms with Gasteiger partial charge in [-0.3, -0.25) is 9.59 Å². The van der Waals surface area contributed by atoms with Crippen LogP contribution in [0.4, 0.5) is 0 Å². The molecule has 0 aliphatic heterocycles. The first-order valence-corrected chi connectivity index (χ1v) is 8.92. The topological polar surface area (TPSA) is 74.6 Å². The minimum atomic E-state index is -0.615. The van der Waals surface area contributed by atoms with Gasteiger partial charge >= 0.3 is 0 Å². The van der Waals surface area contributed by atoms with E-state index in [0.717, 1.165) is 12.0 Å². The fourth-order valence-corrected chi connectivity index (χ4v) is 6.51. The first-order chi connectivity index (χ1) is 10.8. The van der Waals surface area contributed by atoms with Crippen LogP contribution >= 0.6 is 0 Å². The first-order valence-electron chi connectivity index (χ1n) is 8.92. The number of aliphatic hydroxyl groups excluding tert-OH is 2. The normalized spacial score (nSPS) is 52.5. The molecule has 4 heteroatoms. The third-order valence-corrected chi connectivity index (χ3v) is 7.62. The molecule has 0 aromatic carbocycles. The van der Waals surface area contributed by atoms with Crippen molar-refractivity contribution in [2.24, 2.45) is 28.6 Å². The number of carbonyl (C=O) groups is 2. The van der Waals surface area contributed by atoms with Crippen molar-refractivity contribution in [3.05, 3.63) is 11.6 Å². The molecule has 3 fully saturated rings. The number of ketones is 2. The van der Waals surface area contributed by atoms with Gasteiger partial charge in [0.25, 0.3) is 0 Å². The second-order valence-corrected chi connectivity index (χ2v) is 8.68. The molecule has 3 saturated carbocycles. The lowest BCUT2D eigenvalue weighted by atomic mass is 9.46. The SMILES string of the molecule is C[C@]12CCC(=O)C=C1C(O)C[C@@H]1[C@@H]2[C@H](O)C[C@]2(C)C(=O)CC[C@@H]12. The van der Waals surface area contributed by atoms with Crippen molar-refractivity contribution < 1.29 is 19.8 Å². The highest BCUT2D eigenvalue weighted by atomic mass is 16.3. The summed E-state index contributed by atoms with van der Waals surface area (Å²) in [5, 5.41) is 21.6. The Kier molecular flexibility index (Phi) is 3.21. The Labute approximate surface area is 137 Å². The van der Waals surface area contributed by atoms with Crippen LogP contribution in [0.25, 0.3) is 0 Å². The molecular formula is C19H26O4. The van der Waals surface area contributed by atoms with E-state index < -0.39 is 17.6 Å². The molecule has 0 heterocycles. The molecule has 0 aromatic rings. The van der Waals surface area contributed by atoms with Gasteiger partial charge in [0.1, 0.15) is 5.78 Å². The second kappa shape index (κ2) is 4.76. The summed E-state index contributed by atoms with van der Waals surface area (Å²) in [5.74, 6) is 0.838. The summed E-state index contributed by atoms with van der Waals surface area (Å²) in [6, 6.07) is 0. The van der Waals surface area contributed by atoms with E-state index in [2.05, 4.69) is 6.92 Å². The molecule has 1 unspecified atom stereocenters. The summed E-state index contributed by atoms with van der Waals surface area (Å²) in [5.41, 5.74) is 0.0762. The number of fused-ring (bicyclic) bond motifs is 5. The number of hydrogen-bond donors (Lipinski definition) is 2. The Balaban J connectivity index is 1.79. The van der Waals surface area contributed by atoms with Gasteiger partial charge in [0, 0.05) is 18.3 Å². The van der Waals surface area contributed by atoms with E-state index in [0.29, 0.717) is 32.1 Å². The zero-order valence-corrected chi connectivity index (χ0v) is 13.9. The maximum atomic E-state index is 12.4. The van der Waals surface area contributed by atoms with Crippen LogP contribution in [0.5, 0.6) is 0 Å². The summed E-state index contributed by atoms with van der Waals surface area (Å²) in [6.45, 7) is 4.12. The van der Waals surface area contributed by atoms with Crippen LogP contribution in [-0.4, -0.2) is 34.0 Å². The summed E-state index contributed by atoms with van der Waals surface area (Å²) >= 11 is 0. The quantitative estimate of drug-likeness (QED) is 0.717. The minimum absolute atomic E-state index is 0.0502. The molecule has 126 valence electrons. The third kappa shape index (κ3) is 1.91. The van der Waals surface area contributed by atoms with Crippen LogP contribution < -0.4 is 0 Å². The van der Waals surface area contributed by atoms with Gasteiger partial charge in [-0.25, -0.2) is 0 Å². The number of aliphatic hydroxyl groups is 2. The molecule has 0 radical (unpaired) electrons. The third-order valence-electron chi connectivity index (χ3n) is 7.62. The average Bonchev–Trinajstić information content (AvgIpc) is 2.76. The lowest BCUT2D eigenvalue weighted by Gasteiger charge is -2.59. The van der Waals surface area contributed by atoms with E-state index in [-0.39, 0.29) is 34.7 Å². The molecule has 0 bridgehead atoms. The number of Topliss-reactive ketones (excluding diaryl/α,β-unsaturated/α-hetero) is 1. The largest absolute Gasteiger partial charge is 0.393 e. The Morgan fingerprint density at radius 3 is 2.61 bits per heavy atom. The minimum Gasteiger partial charge on any atom is -0.393 e. The predicted molar refractivity (Wildman–Crippen MR) is 84.5 cm³/mol. The average molecular weight is 318 g/mol. The van der Waals surface area contributed by atoms with Gasteiger partial charge in [-0.1, -0.05) is 13.8 Å². The summed E-state index contributed by atoms with van der Waals surface area (Å²) in [6.07, 6.45) is 4.26. The predicted octanol–water partition coefficient (Wildman–Crippen LogP) is 2.03. The molecule has 4 aliphatic rings. The highest BCUT2D eigenvalue weighted by Crippen LogP contribution is 2.64. The summed E-state index contributed by atoms with van der Waals surface area (Å²) in [4.78, 5) is 24.2. The highest BCUT2D eigenvalue weighted by molar-refractivity contribution is 5.92. The molecule has 4 aliphatic carbocycles. The number of rotatable bonds is 0. The fraction of sp³-hybridized carbons (Fsp3) is 0.789. The van der Waals surface area contributed by atoms with Crippen LogP contribution in [0.2, 0.25) is 0 Å². The fourth-order valence-electron chi connectivity index (χ4n) is 6.51. The molecule has 4 rings (SSSR count). The first kappa shape index (κ1) is 15.5.